The van der Waals surface area contributed by atoms with Gasteiger partial charge in [0.2, 0.25) is 0 Å². The van der Waals surface area contributed by atoms with Crippen molar-refractivity contribution in [3.8, 4) is 0 Å². The van der Waals surface area contributed by atoms with Gasteiger partial charge in [0.05, 0.1) is 19.4 Å². The van der Waals surface area contributed by atoms with Crippen LogP contribution in [0.3, 0.4) is 0 Å². The molecule has 4 unspecified atom stereocenters. The highest BCUT2D eigenvalue weighted by molar-refractivity contribution is 5.05. The molecule has 2 N–H and O–H groups in total. The second-order valence-corrected chi connectivity index (χ2v) is 7.74. The number of aliphatic hydroxyl groups is 2. The monoisotopic (exact) mass is 328 g/mol. The molecule has 0 aromatic carbocycles. The predicted octanol–water partition coefficient (Wildman–Crippen LogP) is 3.08. The van der Waals surface area contributed by atoms with E-state index in [1.54, 1.807) is 0 Å². The number of hydrogen-bond acceptors (Lipinski definition) is 4. The second-order valence-electron chi connectivity index (χ2n) is 7.74. The molecule has 4 heteroatoms. The van der Waals surface area contributed by atoms with Crippen molar-refractivity contribution in [2.75, 3.05) is 26.3 Å². The molecule has 138 valence electrons. The zero-order valence-corrected chi connectivity index (χ0v) is 16.3. The van der Waals surface area contributed by atoms with E-state index >= 15 is 0 Å². The topological polar surface area (TPSA) is 46.9 Å². The van der Waals surface area contributed by atoms with Gasteiger partial charge in [-0.3, -0.25) is 9.80 Å². The summed E-state index contributed by atoms with van der Waals surface area (Å²) in [5.41, 5.74) is 0.341. The van der Waals surface area contributed by atoms with Crippen LogP contribution in [0.5, 0.6) is 0 Å². The molecule has 1 heterocycles. The Morgan fingerprint density at radius 1 is 1.09 bits per heavy atom. The Morgan fingerprint density at radius 2 is 1.65 bits per heavy atom. The Kier molecular flexibility index (Phi) is 7.99. The summed E-state index contributed by atoms with van der Waals surface area (Å²) in [6.45, 7) is 15.6. The van der Waals surface area contributed by atoms with E-state index in [9.17, 15) is 10.2 Å². The Balaban J connectivity index is 3.29. The summed E-state index contributed by atoms with van der Waals surface area (Å²) in [5.74, 6) is 0.659. The molecule has 0 saturated carbocycles. The van der Waals surface area contributed by atoms with Gasteiger partial charge >= 0.3 is 0 Å². The number of rotatable bonds is 9. The largest absolute Gasteiger partial charge is 0.395 e. The van der Waals surface area contributed by atoms with Gasteiger partial charge in [-0.1, -0.05) is 27.7 Å². The fraction of sp³-hybridized carbons (Fsp3) is 1.00. The molecule has 4 nitrogen and oxygen atoms in total. The highest BCUT2D eigenvalue weighted by Crippen LogP contribution is 2.47. The third-order valence-corrected chi connectivity index (χ3v) is 6.65. The Morgan fingerprint density at radius 3 is 2.04 bits per heavy atom. The van der Waals surface area contributed by atoms with Crippen LogP contribution in [0, 0.1) is 5.92 Å². The van der Waals surface area contributed by atoms with E-state index in [1.807, 2.05) is 0 Å². The first-order valence-corrected chi connectivity index (χ1v) is 9.59. The minimum absolute atomic E-state index is 0.144. The number of nitrogens with zero attached hydrogens (tertiary/aromatic N) is 2. The zero-order chi connectivity index (χ0) is 17.7. The summed E-state index contributed by atoms with van der Waals surface area (Å²) in [7, 11) is 0. The molecular formula is C19H40N2O2. The third-order valence-electron chi connectivity index (χ3n) is 6.65. The van der Waals surface area contributed by atoms with Gasteiger partial charge in [-0.2, -0.15) is 0 Å². The maximum Gasteiger partial charge on any atom is 0.0630 e. The summed E-state index contributed by atoms with van der Waals surface area (Å²) >= 11 is 0. The molecule has 23 heavy (non-hydrogen) atoms. The summed E-state index contributed by atoms with van der Waals surface area (Å²) in [6, 6.07) is 0. The van der Waals surface area contributed by atoms with E-state index in [1.165, 1.54) is 12.8 Å². The van der Waals surface area contributed by atoms with Crippen LogP contribution in [-0.4, -0.2) is 63.6 Å². The van der Waals surface area contributed by atoms with E-state index < -0.39 is 0 Å². The molecule has 0 bridgehead atoms. The summed E-state index contributed by atoms with van der Waals surface area (Å²) in [5, 5.41) is 19.0. The van der Waals surface area contributed by atoms with E-state index in [0.29, 0.717) is 19.0 Å². The van der Waals surface area contributed by atoms with Crippen molar-refractivity contribution in [2.45, 2.75) is 90.9 Å². The van der Waals surface area contributed by atoms with Gasteiger partial charge in [0.1, 0.15) is 0 Å². The van der Waals surface area contributed by atoms with Gasteiger partial charge in [0.15, 0.2) is 0 Å². The van der Waals surface area contributed by atoms with E-state index in [4.69, 9.17) is 0 Å². The Hall–Kier alpha value is -0.160. The minimum Gasteiger partial charge on any atom is -0.395 e. The fourth-order valence-corrected chi connectivity index (χ4v) is 4.65. The van der Waals surface area contributed by atoms with Crippen LogP contribution in [0.25, 0.3) is 0 Å². The molecule has 0 aromatic heterocycles. The maximum atomic E-state index is 9.49. The van der Waals surface area contributed by atoms with Crippen LogP contribution < -0.4 is 0 Å². The van der Waals surface area contributed by atoms with Crippen LogP contribution in [0.1, 0.15) is 73.6 Å². The Labute approximate surface area is 143 Å². The highest BCUT2D eigenvalue weighted by Gasteiger charge is 2.51. The molecule has 1 saturated heterocycles. The first-order chi connectivity index (χ1) is 10.8. The molecule has 0 radical (unpaired) electrons. The predicted molar refractivity (Wildman–Crippen MR) is 97.5 cm³/mol. The normalized spacial score (nSPS) is 34.0. The van der Waals surface area contributed by atoms with Crippen molar-refractivity contribution in [3.63, 3.8) is 0 Å². The van der Waals surface area contributed by atoms with Crippen molar-refractivity contribution in [3.05, 3.63) is 0 Å². The van der Waals surface area contributed by atoms with Crippen LogP contribution in [-0.2, 0) is 0 Å². The fourth-order valence-electron chi connectivity index (χ4n) is 4.65. The summed E-state index contributed by atoms with van der Waals surface area (Å²) < 4.78 is 0. The molecule has 0 aliphatic carbocycles. The van der Waals surface area contributed by atoms with Gasteiger partial charge in [-0.25, -0.2) is 0 Å². The van der Waals surface area contributed by atoms with Gasteiger partial charge < -0.3 is 10.2 Å². The molecule has 0 spiro atoms. The SMILES string of the molecule is CCC(N(CCO)CCO)N1C(C)(CC)CCC(C)C1(C)CC. The number of hydrogen-bond donors (Lipinski definition) is 2. The summed E-state index contributed by atoms with van der Waals surface area (Å²) in [4.78, 5) is 5.03. The molecule has 1 fully saturated rings. The molecule has 1 aliphatic heterocycles. The zero-order valence-electron chi connectivity index (χ0n) is 16.3. The Bertz CT molecular complexity index is 346. The highest BCUT2D eigenvalue weighted by atomic mass is 16.3. The number of piperidine rings is 1. The van der Waals surface area contributed by atoms with Crippen molar-refractivity contribution in [2.24, 2.45) is 5.92 Å². The van der Waals surface area contributed by atoms with E-state index in [0.717, 1.165) is 19.3 Å². The first-order valence-electron chi connectivity index (χ1n) is 9.59. The van der Waals surface area contributed by atoms with Gasteiger partial charge in [0.25, 0.3) is 0 Å². The molecular weight excluding hydrogens is 288 g/mol. The van der Waals surface area contributed by atoms with E-state index in [-0.39, 0.29) is 30.5 Å². The van der Waals surface area contributed by atoms with Crippen molar-refractivity contribution < 1.29 is 10.2 Å². The van der Waals surface area contributed by atoms with Gasteiger partial charge in [0, 0.05) is 24.2 Å². The van der Waals surface area contributed by atoms with Crippen molar-refractivity contribution in [1.82, 2.24) is 9.80 Å². The standard InChI is InChI=1S/C19H40N2O2/c1-7-17(20(12-14-22)13-15-23)21-18(5,8-2)11-10-16(4)19(21,6)9-3/h16-17,22-23H,7-15H2,1-6H3. The molecule has 0 amide bonds. The number of aliphatic hydroxyl groups excluding tert-OH is 2. The lowest BCUT2D eigenvalue weighted by Crippen LogP contribution is -2.70. The third kappa shape index (κ3) is 4.09. The lowest BCUT2D eigenvalue weighted by molar-refractivity contribution is -0.154. The lowest BCUT2D eigenvalue weighted by Gasteiger charge is -2.62. The van der Waals surface area contributed by atoms with Gasteiger partial charge in [-0.15, -0.1) is 0 Å². The molecule has 4 atom stereocenters. The van der Waals surface area contributed by atoms with Crippen LogP contribution >= 0.6 is 0 Å². The van der Waals surface area contributed by atoms with Crippen molar-refractivity contribution >= 4 is 0 Å². The number of likely N-dealkylation sites (tertiary alicyclic amines) is 1. The molecule has 1 rings (SSSR count). The first kappa shape index (κ1) is 20.9. The maximum absolute atomic E-state index is 9.49. The minimum atomic E-state index is 0.144. The second kappa shape index (κ2) is 8.80. The average molecular weight is 329 g/mol. The van der Waals surface area contributed by atoms with Gasteiger partial charge in [-0.05, 0) is 51.9 Å². The van der Waals surface area contributed by atoms with Crippen LogP contribution in [0.4, 0.5) is 0 Å². The van der Waals surface area contributed by atoms with E-state index in [2.05, 4.69) is 51.3 Å². The lowest BCUT2D eigenvalue weighted by atomic mass is 9.69. The molecule has 1 aliphatic rings. The quantitative estimate of drug-likeness (QED) is 0.683. The average Bonchev–Trinajstić information content (AvgIpc) is 2.55. The van der Waals surface area contributed by atoms with Crippen molar-refractivity contribution in [1.29, 1.82) is 0 Å². The van der Waals surface area contributed by atoms with Crippen LogP contribution in [0.15, 0.2) is 0 Å². The summed E-state index contributed by atoms with van der Waals surface area (Å²) in [6.07, 6.45) is 6.05. The molecule has 0 aromatic rings. The van der Waals surface area contributed by atoms with Crippen LogP contribution in [0.2, 0.25) is 0 Å². The smallest absolute Gasteiger partial charge is 0.0630 e.